The Morgan fingerprint density at radius 3 is 3.06 bits per heavy atom. The van der Waals surface area contributed by atoms with E-state index < -0.39 is 0 Å². The molecule has 82 valence electrons. The fraction of sp³-hybridized carbons (Fsp3) is 0.273. The number of amides is 1. The van der Waals surface area contributed by atoms with Crippen LogP contribution in [0.15, 0.2) is 24.5 Å². The number of aromatic nitrogens is 2. The van der Waals surface area contributed by atoms with E-state index >= 15 is 0 Å². The van der Waals surface area contributed by atoms with Gasteiger partial charge in [-0.25, -0.2) is 4.98 Å². The predicted octanol–water partition coefficient (Wildman–Crippen LogP) is 0.721. The zero-order chi connectivity index (χ0) is 11.0. The number of fused-ring (bicyclic) bond motifs is 1. The first-order chi connectivity index (χ1) is 7.83. The molecular formula is C11H12N4O. The van der Waals surface area contributed by atoms with Gasteiger partial charge in [0.15, 0.2) is 0 Å². The quantitative estimate of drug-likeness (QED) is 0.692. The van der Waals surface area contributed by atoms with Gasteiger partial charge in [0.25, 0.3) is 0 Å². The van der Waals surface area contributed by atoms with Gasteiger partial charge in [0, 0.05) is 18.8 Å². The average Bonchev–Trinajstić information content (AvgIpc) is 2.61. The summed E-state index contributed by atoms with van der Waals surface area (Å²) in [5, 5.41) is 5.98. The van der Waals surface area contributed by atoms with Crippen molar-refractivity contribution < 1.29 is 4.79 Å². The van der Waals surface area contributed by atoms with Crippen LogP contribution in [0.2, 0.25) is 0 Å². The van der Waals surface area contributed by atoms with Crippen molar-refractivity contribution in [3.05, 3.63) is 24.5 Å². The number of rotatable bonds is 2. The summed E-state index contributed by atoms with van der Waals surface area (Å²) in [5.74, 6) is 0.190. The number of H-pyrrole nitrogens is 1. The smallest absolute Gasteiger partial charge is 0.230 e. The second-order valence-corrected chi connectivity index (χ2v) is 3.98. The van der Waals surface area contributed by atoms with Gasteiger partial charge in [0.1, 0.15) is 0 Å². The van der Waals surface area contributed by atoms with Crippen LogP contribution in [0.3, 0.4) is 0 Å². The number of hydrogen-bond donors (Lipinski definition) is 3. The van der Waals surface area contributed by atoms with Crippen molar-refractivity contribution in [3.63, 3.8) is 0 Å². The highest BCUT2D eigenvalue weighted by molar-refractivity contribution is 5.95. The molecule has 0 saturated carbocycles. The SMILES string of the molecule is O=C(Nc1ccc2nc[nH]c2c1)C1CNC1. The van der Waals surface area contributed by atoms with E-state index in [1.807, 2.05) is 18.2 Å². The molecule has 0 radical (unpaired) electrons. The highest BCUT2D eigenvalue weighted by atomic mass is 16.2. The van der Waals surface area contributed by atoms with Crippen LogP contribution >= 0.6 is 0 Å². The molecule has 1 aliphatic rings. The Kier molecular flexibility index (Phi) is 2.11. The summed E-state index contributed by atoms with van der Waals surface area (Å²) in [4.78, 5) is 18.8. The lowest BCUT2D eigenvalue weighted by atomic mass is 10.0. The molecule has 0 spiro atoms. The maximum absolute atomic E-state index is 11.7. The number of imidazole rings is 1. The molecule has 3 N–H and O–H groups in total. The van der Waals surface area contributed by atoms with Crippen molar-refractivity contribution in [2.24, 2.45) is 5.92 Å². The fourth-order valence-electron chi connectivity index (χ4n) is 1.73. The molecule has 2 heterocycles. The zero-order valence-electron chi connectivity index (χ0n) is 8.66. The minimum atomic E-state index is 0.0811. The lowest BCUT2D eigenvalue weighted by Crippen LogP contribution is -2.48. The predicted molar refractivity (Wildman–Crippen MR) is 61.1 cm³/mol. The fourth-order valence-corrected chi connectivity index (χ4v) is 1.73. The van der Waals surface area contributed by atoms with Gasteiger partial charge in [-0.2, -0.15) is 0 Å². The number of carbonyl (C=O) groups excluding carboxylic acids is 1. The van der Waals surface area contributed by atoms with Crippen molar-refractivity contribution in [2.75, 3.05) is 18.4 Å². The molecular weight excluding hydrogens is 204 g/mol. The van der Waals surface area contributed by atoms with Gasteiger partial charge >= 0.3 is 0 Å². The molecule has 0 unspecified atom stereocenters. The number of aromatic amines is 1. The molecule has 0 bridgehead atoms. The molecule has 1 aromatic heterocycles. The van der Waals surface area contributed by atoms with E-state index in [1.165, 1.54) is 0 Å². The third-order valence-corrected chi connectivity index (χ3v) is 2.84. The molecule has 1 aliphatic heterocycles. The van der Waals surface area contributed by atoms with Crippen LogP contribution < -0.4 is 10.6 Å². The van der Waals surface area contributed by atoms with Crippen LogP contribution in [-0.2, 0) is 4.79 Å². The minimum Gasteiger partial charge on any atom is -0.345 e. The molecule has 0 aliphatic carbocycles. The monoisotopic (exact) mass is 216 g/mol. The van der Waals surface area contributed by atoms with Crippen LogP contribution in [0.4, 0.5) is 5.69 Å². The van der Waals surface area contributed by atoms with Gasteiger partial charge in [-0.3, -0.25) is 4.79 Å². The van der Waals surface area contributed by atoms with Gasteiger partial charge < -0.3 is 15.6 Å². The second-order valence-electron chi connectivity index (χ2n) is 3.98. The van der Waals surface area contributed by atoms with Crippen LogP contribution in [0.1, 0.15) is 0 Å². The third kappa shape index (κ3) is 1.55. The van der Waals surface area contributed by atoms with E-state index in [1.54, 1.807) is 6.33 Å². The Bertz CT molecular complexity index is 530. The van der Waals surface area contributed by atoms with Gasteiger partial charge in [-0.1, -0.05) is 0 Å². The molecule has 1 fully saturated rings. The molecule has 2 aromatic rings. The van der Waals surface area contributed by atoms with E-state index in [0.29, 0.717) is 0 Å². The summed E-state index contributed by atoms with van der Waals surface area (Å²) >= 11 is 0. The summed E-state index contributed by atoms with van der Waals surface area (Å²) in [6, 6.07) is 5.65. The lowest BCUT2D eigenvalue weighted by Gasteiger charge is -2.25. The maximum Gasteiger partial charge on any atom is 0.230 e. The van der Waals surface area contributed by atoms with E-state index in [-0.39, 0.29) is 11.8 Å². The normalized spacial score (nSPS) is 16.0. The van der Waals surface area contributed by atoms with Crippen LogP contribution in [0.5, 0.6) is 0 Å². The topological polar surface area (TPSA) is 69.8 Å². The standard InChI is InChI=1S/C11H12N4O/c16-11(7-4-12-5-7)15-8-1-2-9-10(3-8)14-6-13-9/h1-3,6-7,12H,4-5H2,(H,13,14)(H,15,16). The van der Waals surface area contributed by atoms with Crippen molar-refractivity contribution in [2.45, 2.75) is 0 Å². The third-order valence-electron chi connectivity index (χ3n) is 2.84. The molecule has 1 saturated heterocycles. The van der Waals surface area contributed by atoms with Crippen LogP contribution in [0.25, 0.3) is 11.0 Å². The molecule has 0 atom stereocenters. The highest BCUT2D eigenvalue weighted by Crippen LogP contribution is 2.16. The van der Waals surface area contributed by atoms with E-state index in [0.717, 1.165) is 29.8 Å². The van der Waals surface area contributed by atoms with Gasteiger partial charge in [0.2, 0.25) is 5.91 Å². The molecule has 5 nitrogen and oxygen atoms in total. The Morgan fingerprint density at radius 2 is 2.31 bits per heavy atom. The van der Waals surface area contributed by atoms with Gasteiger partial charge in [0.05, 0.1) is 23.3 Å². The van der Waals surface area contributed by atoms with E-state index in [9.17, 15) is 4.79 Å². The molecule has 16 heavy (non-hydrogen) atoms. The summed E-state index contributed by atoms with van der Waals surface area (Å²) in [7, 11) is 0. The highest BCUT2D eigenvalue weighted by Gasteiger charge is 2.24. The lowest BCUT2D eigenvalue weighted by molar-refractivity contribution is -0.121. The summed E-state index contributed by atoms with van der Waals surface area (Å²) in [6.07, 6.45) is 1.64. The first kappa shape index (κ1) is 9.35. The summed E-state index contributed by atoms with van der Waals surface area (Å²) in [5.41, 5.74) is 2.65. The average molecular weight is 216 g/mol. The van der Waals surface area contributed by atoms with Crippen LogP contribution in [-0.4, -0.2) is 29.0 Å². The van der Waals surface area contributed by atoms with Crippen molar-refractivity contribution >= 4 is 22.6 Å². The second kappa shape index (κ2) is 3.61. The first-order valence-electron chi connectivity index (χ1n) is 5.27. The number of carbonyl (C=O) groups is 1. The first-order valence-corrected chi connectivity index (χ1v) is 5.27. The number of hydrogen-bond acceptors (Lipinski definition) is 3. The maximum atomic E-state index is 11.7. The van der Waals surface area contributed by atoms with Gasteiger partial charge in [-0.05, 0) is 18.2 Å². The summed E-state index contributed by atoms with van der Waals surface area (Å²) in [6.45, 7) is 1.55. The molecule has 1 amide bonds. The van der Waals surface area contributed by atoms with E-state index in [4.69, 9.17) is 0 Å². The van der Waals surface area contributed by atoms with Crippen molar-refractivity contribution in [1.82, 2.24) is 15.3 Å². The largest absolute Gasteiger partial charge is 0.345 e. The molecule has 1 aromatic carbocycles. The molecule has 5 heteroatoms. The Hall–Kier alpha value is -1.88. The Balaban J connectivity index is 1.80. The number of nitrogens with one attached hydrogen (secondary N) is 3. The summed E-state index contributed by atoms with van der Waals surface area (Å²) < 4.78 is 0. The Labute approximate surface area is 92.3 Å². The number of anilines is 1. The van der Waals surface area contributed by atoms with Crippen LogP contribution in [0, 0.1) is 5.92 Å². The number of benzene rings is 1. The number of nitrogens with zero attached hydrogens (tertiary/aromatic N) is 1. The Morgan fingerprint density at radius 1 is 1.44 bits per heavy atom. The minimum absolute atomic E-state index is 0.0811. The van der Waals surface area contributed by atoms with Crippen molar-refractivity contribution in [1.29, 1.82) is 0 Å². The molecule has 3 rings (SSSR count). The zero-order valence-corrected chi connectivity index (χ0v) is 8.66. The van der Waals surface area contributed by atoms with Gasteiger partial charge in [-0.15, -0.1) is 0 Å². The van der Waals surface area contributed by atoms with E-state index in [2.05, 4.69) is 20.6 Å². The van der Waals surface area contributed by atoms with Crippen molar-refractivity contribution in [3.8, 4) is 0 Å².